The summed E-state index contributed by atoms with van der Waals surface area (Å²) in [6, 6.07) is 0. The number of likely N-dealkylation sites (tertiary alicyclic amines) is 1. The van der Waals surface area contributed by atoms with E-state index in [-0.39, 0.29) is 0 Å². The molecule has 10 heavy (non-hydrogen) atoms. The molecule has 1 fully saturated rings. The predicted octanol–water partition coefficient (Wildman–Crippen LogP) is 1.35. The minimum Gasteiger partial charge on any atom is -0.306 e. The Hall–Kier alpha value is -0.480. The zero-order valence-corrected chi connectivity index (χ0v) is 6.64. The average Bonchev–Trinajstić information content (AvgIpc) is 2.14. The topological polar surface area (TPSA) is 3.24 Å². The van der Waals surface area contributed by atoms with Crippen molar-refractivity contribution < 1.29 is 0 Å². The molecule has 1 saturated heterocycles. The van der Waals surface area contributed by atoms with E-state index < -0.39 is 0 Å². The first-order valence-electron chi connectivity index (χ1n) is 3.97. The Morgan fingerprint density at radius 2 is 2.20 bits per heavy atom. The lowest BCUT2D eigenvalue weighted by molar-refractivity contribution is 0.347. The van der Waals surface area contributed by atoms with E-state index in [1.807, 2.05) is 0 Å². The molecule has 0 spiro atoms. The van der Waals surface area contributed by atoms with E-state index in [1.165, 1.54) is 32.4 Å². The molecule has 56 valence electrons. The van der Waals surface area contributed by atoms with Crippen molar-refractivity contribution in [2.24, 2.45) is 5.92 Å². The van der Waals surface area contributed by atoms with Gasteiger partial charge in [0.25, 0.3) is 0 Å². The van der Waals surface area contributed by atoms with Crippen LogP contribution in [0.1, 0.15) is 19.3 Å². The summed E-state index contributed by atoms with van der Waals surface area (Å²) in [6.45, 7) is 2.40. The van der Waals surface area contributed by atoms with Crippen LogP contribution in [-0.2, 0) is 0 Å². The number of nitrogens with zero attached hydrogens (tertiary/aromatic N) is 1. The summed E-state index contributed by atoms with van der Waals surface area (Å²) in [5.74, 6) is 3.38. The molecular formula is C9H15N. The highest BCUT2D eigenvalue weighted by atomic mass is 15.1. The Morgan fingerprint density at radius 3 is 2.90 bits per heavy atom. The molecule has 0 saturated carbocycles. The zero-order chi connectivity index (χ0) is 7.40. The lowest BCUT2D eigenvalue weighted by atomic mass is 10.0. The lowest BCUT2D eigenvalue weighted by Gasteiger charge is -2.11. The van der Waals surface area contributed by atoms with Crippen LogP contribution in [0.15, 0.2) is 0 Å². The van der Waals surface area contributed by atoms with E-state index in [2.05, 4.69) is 17.9 Å². The standard InChI is InChI=1S/C9H15N/c1-3-9-5-4-7-10(2)8-6-9/h1,9H,4-8H2,2H3. The summed E-state index contributed by atoms with van der Waals surface area (Å²) in [6.07, 6.45) is 9.03. The van der Waals surface area contributed by atoms with Gasteiger partial charge >= 0.3 is 0 Å². The molecule has 0 radical (unpaired) electrons. The SMILES string of the molecule is C#CC1CCCN(C)CC1. The summed E-state index contributed by atoms with van der Waals surface area (Å²) in [5, 5.41) is 0. The maximum absolute atomic E-state index is 5.35. The van der Waals surface area contributed by atoms with Gasteiger partial charge in [-0.25, -0.2) is 0 Å². The van der Waals surface area contributed by atoms with Gasteiger partial charge in [0.2, 0.25) is 0 Å². The van der Waals surface area contributed by atoms with Crippen molar-refractivity contribution in [3.8, 4) is 12.3 Å². The Kier molecular flexibility index (Phi) is 2.77. The van der Waals surface area contributed by atoms with Crippen LogP contribution in [0, 0.1) is 18.3 Å². The third-order valence-corrected chi connectivity index (χ3v) is 2.19. The molecule has 0 aromatic heterocycles. The summed E-state index contributed by atoms with van der Waals surface area (Å²) in [5.41, 5.74) is 0. The highest BCUT2D eigenvalue weighted by molar-refractivity contribution is 4.93. The van der Waals surface area contributed by atoms with E-state index in [0.717, 1.165) is 0 Å². The summed E-state index contributed by atoms with van der Waals surface area (Å²) < 4.78 is 0. The third-order valence-electron chi connectivity index (χ3n) is 2.19. The maximum Gasteiger partial charge on any atom is 0.0212 e. The second kappa shape index (κ2) is 3.63. The maximum atomic E-state index is 5.35. The predicted molar refractivity (Wildman–Crippen MR) is 43.7 cm³/mol. The van der Waals surface area contributed by atoms with Crippen molar-refractivity contribution in [1.29, 1.82) is 0 Å². The van der Waals surface area contributed by atoms with Crippen LogP contribution in [0.5, 0.6) is 0 Å². The summed E-state index contributed by atoms with van der Waals surface area (Å²) >= 11 is 0. The van der Waals surface area contributed by atoms with Gasteiger partial charge in [-0.3, -0.25) is 0 Å². The van der Waals surface area contributed by atoms with E-state index in [0.29, 0.717) is 5.92 Å². The first-order valence-corrected chi connectivity index (χ1v) is 3.97. The second-order valence-corrected chi connectivity index (χ2v) is 3.10. The molecule has 1 aliphatic heterocycles. The molecule has 0 aromatic rings. The van der Waals surface area contributed by atoms with Gasteiger partial charge in [0.05, 0.1) is 0 Å². The molecule has 1 rings (SSSR count). The van der Waals surface area contributed by atoms with Crippen molar-refractivity contribution in [1.82, 2.24) is 4.90 Å². The highest BCUT2D eigenvalue weighted by Gasteiger charge is 2.11. The molecular weight excluding hydrogens is 122 g/mol. The van der Waals surface area contributed by atoms with Crippen LogP contribution in [0.25, 0.3) is 0 Å². The van der Waals surface area contributed by atoms with E-state index in [4.69, 9.17) is 6.42 Å². The number of terminal acetylenes is 1. The molecule has 1 heteroatoms. The monoisotopic (exact) mass is 137 g/mol. The van der Waals surface area contributed by atoms with Gasteiger partial charge in [0.15, 0.2) is 0 Å². The molecule has 0 amide bonds. The van der Waals surface area contributed by atoms with Gasteiger partial charge in [-0.05, 0) is 39.4 Å². The molecule has 0 aromatic carbocycles. The molecule has 1 aliphatic rings. The van der Waals surface area contributed by atoms with Crippen LogP contribution < -0.4 is 0 Å². The van der Waals surface area contributed by atoms with Crippen LogP contribution in [0.2, 0.25) is 0 Å². The van der Waals surface area contributed by atoms with E-state index in [1.54, 1.807) is 0 Å². The fraction of sp³-hybridized carbons (Fsp3) is 0.778. The van der Waals surface area contributed by atoms with Gasteiger partial charge in [-0.2, -0.15) is 0 Å². The molecule has 1 atom stereocenters. The minimum atomic E-state index is 0.546. The summed E-state index contributed by atoms with van der Waals surface area (Å²) in [7, 11) is 2.17. The van der Waals surface area contributed by atoms with Crippen molar-refractivity contribution >= 4 is 0 Å². The smallest absolute Gasteiger partial charge is 0.0212 e. The first-order chi connectivity index (χ1) is 4.83. The van der Waals surface area contributed by atoms with Gasteiger partial charge in [-0.15, -0.1) is 12.3 Å². The van der Waals surface area contributed by atoms with Gasteiger partial charge in [-0.1, -0.05) is 0 Å². The van der Waals surface area contributed by atoms with Crippen molar-refractivity contribution in [2.75, 3.05) is 20.1 Å². The molecule has 1 unspecified atom stereocenters. The van der Waals surface area contributed by atoms with Crippen molar-refractivity contribution in [2.45, 2.75) is 19.3 Å². The molecule has 0 aliphatic carbocycles. The lowest BCUT2D eigenvalue weighted by Crippen LogP contribution is -2.18. The van der Waals surface area contributed by atoms with Gasteiger partial charge in [0, 0.05) is 5.92 Å². The fourth-order valence-electron chi connectivity index (χ4n) is 1.41. The normalized spacial score (nSPS) is 29.0. The van der Waals surface area contributed by atoms with Crippen LogP contribution >= 0.6 is 0 Å². The molecule has 0 bridgehead atoms. The third kappa shape index (κ3) is 2.04. The number of hydrogen-bond donors (Lipinski definition) is 0. The largest absolute Gasteiger partial charge is 0.306 e. The number of hydrogen-bond acceptors (Lipinski definition) is 1. The van der Waals surface area contributed by atoms with Gasteiger partial charge < -0.3 is 4.90 Å². The first kappa shape index (κ1) is 7.63. The minimum absolute atomic E-state index is 0.546. The molecule has 1 heterocycles. The van der Waals surface area contributed by atoms with Crippen molar-refractivity contribution in [3.05, 3.63) is 0 Å². The quantitative estimate of drug-likeness (QED) is 0.455. The van der Waals surface area contributed by atoms with Crippen LogP contribution in [0.4, 0.5) is 0 Å². The van der Waals surface area contributed by atoms with Crippen molar-refractivity contribution in [3.63, 3.8) is 0 Å². The zero-order valence-electron chi connectivity index (χ0n) is 6.64. The molecule has 0 N–H and O–H groups in total. The van der Waals surface area contributed by atoms with E-state index in [9.17, 15) is 0 Å². The fourth-order valence-corrected chi connectivity index (χ4v) is 1.41. The van der Waals surface area contributed by atoms with E-state index >= 15 is 0 Å². The Morgan fingerprint density at radius 1 is 1.40 bits per heavy atom. The highest BCUT2D eigenvalue weighted by Crippen LogP contribution is 2.14. The molecule has 1 nitrogen and oxygen atoms in total. The second-order valence-electron chi connectivity index (χ2n) is 3.10. The van der Waals surface area contributed by atoms with Gasteiger partial charge in [0.1, 0.15) is 0 Å². The Labute approximate surface area is 63.4 Å². The Balaban J connectivity index is 2.35. The summed E-state index contributed by atoms with van der Waals surface area (Å²) in [4.78, 5) is 2.36. The Bertz CT molecular complexity index is 134. The number of rotatable bonds is 0. The van der Waals surface area contributed by atoms with Crippen LogP contribution in [0.3, 0.4) is 0 Å². The van der Waals surface area contributed by atoms with Crippen LogP contribution in [-0.4, -0.2) is 25.0 Å². The average molecular weight is 137 g/mol.